The number of nitrogens with zero attached hydrogens (tertiary/aromatic N) is 3. The first kappa shape index (κ1) is 15.0. The van der Waals surface area contributed by atoms with E-state index in [0.717, 1.165) is 36.6 Å². The first-order chi connectivity index (χ1) is 10.7. The molecule has 4 nitrogen and oxygen atoms in total. The number of carbonyl (C=O) groups is 1. The molecule has 1 aliphatic rings. The second kappa shape index (κ2) is 6.44. The van der Waals surface area contributed by atoms with Crippen LogP contribution in [0, 0.1) is 0 Å². The number of benzene rings is 1. The summed E-state index contributed by atoms with van der Waals surface area (Å²) in [4.78, 5) is 22.9. The Bertz CT molecular complexity index is 692. The van der Waals surface area contributed by atoms with Gasteiger partial charge in [0.25, 0.3) is 0 Å². The molecule has 1 saturated heterocycles. The normalized spacial score (nSPS) is 15.2. The van der Waals surface area contributed by atoms with E-state index < -0.39 is 0 Å². The topological polar surface area (TPSA) is 46.1 Å². The van der Waals surface area contributed by atoms with Gasteiger partial charge in [-0.3, -0.25) is 4.79 Å². The molecule has 2 heterocycles. The largest absolute Gasteiger partial charge is 0.356 e. The molecule has 0 atom stereocenters. The van der Waals surface area contributed by atoms with E-state index in [0.29, 0.717) is 29.5 Å². The second-order valence-electron chi connectivity index (χ2n) is 5.43. The number of hydrogen-bond donors (Lipinski definition) is 0. The van der Waals surface area contributed by atoms with Crippen molar-refractivity contribution < 1.29 is 4.79 Å². The first-order valence-corrected chi connectivity index (χ1v) is 7.94. The zero-order valence-corrected chi connectivity index (χ0v) is 13.3. The number of Topliss-reactive ketones (excluding diaryl/α,β-unsaturated/α-hetero) is 1. The molecule has 2 aromatic rings. The molecule has 0 unspecified atom stereocenters. The summed E-state index contributed by atoms with van der Waals surface area (Å²) in [5.41, 5.74) is 1.91. The Morgan fingerprint density at radius 3 is 2.64 bits per heavy atom. The number of halogens is 1. The molecule has 0 spiro atoms. The third-order valence-electron chi connectivity index (χ3n) is 3.86. The average molecular weight is 316 g/mol. The fourth-order valence-corrected chi connectivity index (χ4v) is 2.76. The van der Waals surface area contributed by atoms with E-state index in [1.165, 1.54) is 0 Å². The second-order valence-corrected chi connectivity index (χ2v) is 5.87. The van der Waals surface area contributed by atoms with Crippen LogP contribution in [0.4, 0.5) is 5.82 Å². The van der Waals surface area contributed by atoms with Gasteiger partial charge in [-0.15, -0.1) is 0 Å². The smallest absolute Gasteiger partial charge is 0.161 e. The maximum Gasteiger partial charge on any atom is 0.161 e. The number of carbonyl (C=O) groups excluding carboxylic acids is 1. The number of aromatic nitrogens is 2. The van der Waals surface area contributed by atoms with E-state index in [1.807, 2.05) is 30.3 Å². The zero-order valence-electron chi connectivity index (χ0n) is 12.6. The molecule has 1 aliphatic heterocycles. The van der Waals surface area contributed by atoms with Crippen LogP contribution in [0.3, 0.4) is 0 Å². The monoisotopic (exact) mass is 315 g/mol. The molecule has 0 saturated carbocycles. The van der Waals surface area contributed by atoms with Gasteiger partial charge < -0.3 is 4.90 Å². The Labute approximate surface area is 135 Å². The summed E-state index contributed by atoms with van der Waals surface area (Å²) in [6.07, 6.45) is 2.03. The van der Waals surface area contributed by atoms with Crippen LogP contribution in [0.1, 0.15) is 25.5 Å². The van der Waals surface area contributed by atoms with E-state index in [4.69, 9.17) is 11.6 Å². The predicted octanol–water partition coefficient (Wildman–Crippen LogP) is 3.53. The minimum absolute atomic E-state index is 0.330. The summed E-state index contributed by atoms with van der Waals surface area (Å²) in [5.74, 6) is 1.92. The SMILES string of the molecule is CCc1cc(N2CCC(=O)CC2)nc(-c2cccc(Cl)c2)n1. The Morgan fingerprint density at radius 2 is 1.95 bits per heavy atom. The Hall–Kier alpha value is -1.94. The Balaban J connectivity index is 1.97. The van der Waals surface area contributed by atoms with E-state index >= 15 is 0 Å². The molecule has 1 fully saturated rings. The van der Waals surface area contributed by atoms with Gasteiger partial charge in [0.15, 0.2) is 5.82 Å². The lowest BCUT2D eigenvalue weighted by molar-refractivity contribution is -0.119. The summed E-state index contributed by atoms with van der Waals surface area (Å²) < 4.78 is 0. The van der Waals surface area contributed by atoms with Gasteiger partial charge in [-0.25, -0.2) is 9.97 Å². The molecule has 1 aromatic carbocycles. The van der Waals surface area contributed by atoms with Crippen molar-refractivity contribution in [3.63, 3.8) is 0 Å². The standard InChI is InChI=1S/C17H18ClN3O/c1-2-14-11-16(21-8-6-15(22)7-9-21)20-17(19-14)12-4-3-5-13(18)10-12/h3-5,10-11H,2,6-9H2,1H3. The maximum absolute atomic E-state index is 11.4. The van der Waals surface area contributed by atoms with Crippen molar-refractivity contribution in [3.8, 4) is 11.4 Å². The van der Waals surface area contributed by atoms with Crippen LogP contribution in [0.5, 0.6) is 0 Å². The predicted molar refractivity (Wildman–Crippen MR) is 88.3 cm³/mol. The van der Waals surface area contributed by atoms with Crippen molar-refractivity contribution in [1.29, 1.82) is 0 Å². The maximum atomic E-state index is 11.4. The Kier molecular flexibility index (Phi) is 4.39. The highest BCUT2D eigenvalue weighted by Gasteiger charge is 2.19. The van der Waals surface area contributed by atoms with Crippen LogP contribution in [-0.4, -0.2) is 28.8 Å². The summed E-state index contributed by atoms with van der Waals surface area (Å²) >= 11 is 6.07. The van der Waals surface area contributed by atoms with Crippen LogP contribution in [0.15, 0.2) is 30.3 Å². The van der Waals surface area contributed by atoms with Crippen molar-refractivity contribution >= 4 is 23.2 Å². The fraction of sp³-hybridized carbons (Fsp3) is 0.353. The van der Waals surface area contributed by atoms with Crippen LogP contribution < -0.4 is 4.90 Å². The van der Waals surface area contributed by atoms with Gasteiger partial charge in [-0.05, 0) is 18.6 Å². The van der Waals surface area contributed by atoms with Gasteiger partial charge in [0, 0.05) is 48.3 Å². The molecule has 0 bridgehead atoms. The summed E-state index contributed by atoms with van der Waals surface area (Å²) in [6.45, 7) is 3.54. The van der Waals surface area contributed by atoms with Gasteiger partial charge in [0.1, 0.15) is 11.6 Å². The quantitative estimate of drug-likeness (QED) is 0.869. The molecule has 0 radical (unpaired) electrons. The number of aryl methyl sites for hydroxylation is 1. The minimum atomic E-state index is 0.330. The highest BCUT2D eigenvalue weighted by atomic mass is 35.5. The third kappa shape index (κ3) is 3.28. The highest BCUT2D eigenvalue weighted by molar-refractivity contribution is 6.30. The van der Waals surface area contributed by atoms with Gasteiger partial charge in [0.2, 0.25) is 0 Å². The molecular formula is C17H18ClN3O. The van der Waals surface area contributed by atoms with Crippen LogP contribution in [-0.2, 0) is 11.2 Å². The lowest BCUT2D eigenvalue weighted by atomic mass is 10.1. The van der Waals surface area contributed by atoms with Crippen molar-refractivity contribution in [2.75, 3.05) is 18.0 Å². The number of anilines is 1. The molecule has 0 amide bonds. The highest BCUT2D eigenvalue weighted by Crippen LogP contribution is 2.24. The van der Waals surface area contributed by atoms with Crippen LogP contribution >= 0.6 is 11.6 Å². The third-order valence-corrected chi connectivity index (χ3v) is 4.09. The molecule has 22 heavy (non-hydrogen) atoms. The van der Waals surface area contributed by atoms with Gasteiger partial charge in [-0.1, -0.05) is 30.7 Å². The van der Waals surface area contributed by atoms with E-state index in [9.17, 15) is 4.79 Å². The molecule has 0 aliphatic carbocycles. The number of hydrogen-bond acceptors (Lipinski definition) is 4. The number of rotatable bonds is 3. The van der Waals surface area contributed by atoms with Crippen molar-refractivity contribution in [2.24, 2.45) is 0 Å². The van der Waals surface area contributed by atoms with Crippen molar-refractivity contribution in [2.45, 2.75) is 26.2 Å². The van der Waals surface area contributed by atoms with E-state index in [2.05, 4.69) is 21.8 Å². The molecular weight excluding hydrogens is 298 g/mol. The van der Waals surface area contributed by atoms with Crippen molar-refractivity contribution in [3.05, 3.63) is 41.0 Å². The van der Waals surface area contributed by atoms with Gasteiger partial charge in [-0.2, -0.15) is 0 Å². The van der Waals surface area contributed by atoms with Gasteiger partial charge >= 0.3 is 0 Å². The molecule has 3 rings (SSSR count). The van der Waals surface area contributed by atoms with E-state index in [1.54, 1.807) is 0 Å². The lowest BCUT2D eigenvalue weighted by Gasteiger charge is -2.27. The summed E-state index contributed by atoms with van der Waals surface area (Å²) in [5, 5.41) is 0.674. The number of ketones is 1. The molecule has 1 aromatic heterocycles. The molecule has 5 heteroatoms. The first-order valence-electron chi connectivity index (χ1n) is 7.56. The minimum Gasteiger partial charge on any atom is -0.356 e. The zero-order chi connectivity index (χ0) is 15.5. The van der Waals surface area contributed by atoms with Crippen LogP contribution in [0.25, 0.3) is 11.4 Å². The summed E-state index contributed by atoms with van der Waals surface area (Å²) in [7, 11) is 0. The Morgan fingerprint density at radius 1 is 1.18 bits per heavy atom. The van der Waals surface area contributed by atoms with E-state index in [-0.39, 0.29) is 0 Å². The molecule has 114 valence electrons. The number of piperidine rings is 1. The summed E-state index contributed by atoms with van der Waals surface area (Å²) in [6, 6.07) is 9.60. The lowest BCUT2D eigenvalue weighted by Crippen LogP contribution is -2.34. The van der Waals surface area contributed by atoms with Crippen molar-refractivity contribution in [1.82, 2.24) is 9.97 Å². The fourth-order valence-electron chi connectivity index (χ4n) is 2.57. The van der Waals surface area contributed by atoms with Gasteiger partial charge in [0.05, 0.1) is 0 Å². The van der Waals surface area contributed by atoms with Crippen LogP contribution in [0.2, 0.25) is 5.02 Å². The molecule has 0 N–H and O–H groups in total. The average Bonchev–Trinajstić information content (AvgIpc) is 2.55.